The summed E-state index contributed by atoms with van der Waals surface area (Å²) < 4.78 is 18.6. The Bertz CT molecular complexity index is 395. The molecule has 3 nitrogen and oxygen atoms in total. The number of nitrogens with one attached hydrogen (secondary N) is 1. The molecule has 0 aromatic heterocycles. The zero-order valence-electron chi connectivity index (χ0n) is 10.4. The van der Waals surface area contributed by atoms with E-state index in [1.54, 1.807) is 18.2 Å². The quantitative estimate of drug-likeness (QED) is 0.801. The van der Waals surface area contributed by atoms with Gasteiger partial charge in [0, 0.05) is 5.56 Å². The number of rotatable bonds is 5. The van der Waals surface area contributed by atoms with Gasteiger partial charge in [-0.2, -0.15) is 0 Å². The molecule has 1 aromatic rings. The van der Waals surface area contributed by atoms with Gasteiger partial charge in [0.15, 0.2) is 0 Å². The highest BCUT2D eigenvalue weighted by Gasteiger charge is 2.40. The molecule has 1 unspecified atom stereocenters. The van der Waals surface area contributed by atoms with Crippen LogP contribution in [0, 0.1) is 5.82 Å². The van der Waals surface area contributed by atoms with Gasteiger partial charge in [-0.3, -0.25) is 5.32 Å². The fourth-order valence-electron chi connectivity index (χ4n) is 2.02. The molecular weight excluding hydrogens is 221 g/mol. The summed E-state index contributed by atoms with van der Waals surface area (Å²) in [4.78, 5) is 12.0. The van der Waals surface area contributed by atoms with Gasteiger partial charge in [-0.05, 0) is 19.0 Å². The van der Waals surface area contributed by atoms with Crippen molar-refractivity contribution in [3.8, 4) is 0 Å². The van der Waals surface area contributed by atoms with E-state index in [4.69, 9.17) is 4.74 Å². The van der Waals surface area contributed by atoms with E-state index in [0.717, 1.165) is 0 Å². The Labute approximate surface area is 101 Å². The summed E-state index contributed by atoms with van der Waals surface area (Å²) in [7, 11) is 1.31. The minimum Gasteiger partial charge on any atom is -0.467 e. The molecule has 0 aliphatic carbocycles. The number of hydrogen-bond acceptors (Lipinski definition) is 3. The van der Waals surface area contributed by atoms with Crippen LogP contribution in [0.5, 0.6) is 0 Å². The molecule has 0 aliphatic rings. The number of halogens is 1. The Morgan fingerprint density at radius 1 is 1.41 bits per heavy atom. The largest absolute Gasteiger partial charge is 0.467 e. The first-order valence-corrected chi connectivity index (χ1v) is 5.70. The van der Waals surface area contributed by atoms with E-state index >= 15 is 0 Å². The lowest BCUT2D eigenvalue weighted by atomic mass is 9.86. The SMILES string of the molecule is CCNC(CC)(C(=O)OC)c1ccccc1F. The minimum absolute atomic E-state index is 0.330. The number of benzene rings is 1. The van der Waals surface area contributed by atoms with Gasteiger partial charge in [0.05, 0.1) is 7.11 Å². The highest BCUT2D eigenvalue weighted by molar-refractivity contribution is 5.82. The van der Waals surface area contributed by atoms with Crippen molar-refractivity contribution in [3.05, 3.63) is 35.6 Å². The summed E-state index contributed by atoms with van der Waals surface area (Å²) in [5.74, 6) is -0.868. The van der Waals surface area contributed by atoms with Crippen molar-refractivity contribution in [1.82, 2.24) is 5.32 Å². The summed E-state index contributed by atoms with van der Waals surface area (Å²) >= 11 is 0. The molecule has 0 saturated carbocycles. The summed E-state index contributed by atoms with van der Waals surface area (Å²) in [6.07, 6.45) is 0.425. The molecule has 0 saturated heterocycles. The number of esters is 1. The Balaban J connectivity index is 3.31. The lowest BCUT2D eigenvalue weighted by Crippen LogP contribution is -2.50. The maximum absolute atomic E-state index is 13.8. The van der Waals surface area contributed by atoms with Gasteiger partial charge in [0.2, 0.25) is 0 Å². The number of carbonyl (C=O) groups excluding carboxylic acids is 1. The number of carbonyl (C=O) groups is 1. The van der Waals surface area contributed by atoms with Gasteiger partial charge < -0.3 is 4.74 Å². The van der Waals surface area contributed by atoms with Crippen LogP contribution in [0.25, 0.3) is 0 Å². The predicted octanol–water partition coefficient (Wildman–Crippen LogP) is 2.21. The third-order valence-electron chi connectivity index (χ3n) is 2.88. The molecule has 1 atom stereocenters. The van der Waals surface area contributed by atoms with Crippen LogP contribution in [0.4, 0.5) is 4.39 Å². The van der Waals surface area contributed by atoms with E-state index in [1.165, 1.54) is 13.2 Å². The smallest absolute Gasteiger partial charge is 0.330 e. The van der Waals surface area contributed by atoms with Crippen LogP contribution in [0.15, 0.2) is 24.3 Å². The molecule has 4 heteroatoms. The maximum atomic E-state index is 13.8. The molecule has 1 aromatic carbocycles. The van der Waals surface area contributed by atoms with E-state index < -0.39 is 17.3 Å². The summed E-state index contributed by atoms with van der Waals surface area (Å²) in [5, 5.41) is 3.04. The topological polar surface area (TPSA) is 38.3 Å². The van der Waals surface area contributed by atoms with E-state index in [0.29, 0.717) is 18.5 Å². The third kappa shape index (κ3) is 2.47. The molecule has 0 aliphatic heterocycles. The number of methoxy groups -OCH3 is 1. The fourth-order valence-corrected chi connectivity index (χ4v) is 2.02. The first-order chi connectivity index (χ1) is 8.12. The van der Waals surface area contributed by atoms with Crippen molar-refractivity contribution in [2.75, 3.05) is 13.7 Å². The van der Waals surface area contributed by atoms with Crippen molar-refractivity contribution >= 4 is 5.97 Å². The Morgan fingerprint density at radius 2 is 2.06 bits per heavy atom. The van der Waals surface area contributed by atoms with Crippen LogP contribution in [0.1, 0.15) is 25.8 Å². The molecule has 0 radical (unpaired) electrons. The number of hydrogen-bond donors (Lipinski definition) is 1. The minimum atomic E-state index is -1.10. The van der Waals surface area contributed by atoms with Crippen LogP contribution in [-0.4, -0.2) is 19.6 Å². The lowest BCUT2D eigenvalue weighted by molar-refractivity contribution is -0.149. The molecule has 0 amide bonds. The Hall–Kier alpha value is -1.42. The van der Waals surface area contributed by atoms with Crippen LogP contribution in [0.3, 0.4) is 0 Å². The molecule has 0 spiro atoms. The molecular formula is C13H18FNO2. The second-order valence-corrected chi connectivity index (χ2v) is 3.76. The molecule has 0 bridgehead atoms. The molecule has 1 rings (SSSR count). The summed E-state index contributed by atoms with van der Waals surface area (Å²) in [5.41, 5.74) is -0.773. The van der Waals surface area contributed by atoms with Crippen molar-refractivity contribution in [3.63, 3.8) is 0 Å². The number of ether oxygens (including phenoxy) is 1. The van der Waals surface area contributed by atoms with Crippen molar-refractivity contribution in [1.29, 1.82) is 0 Å². The van der Waals surface area contributed by atoms with Gasteiger partial charge in [-0.25, -0.2) is 9.18 Å². The van der Waals surface area contributed by atoms with Gasteiger partial charge in [0.1, 0.15) is 11.4 Å². The summed E-state index contributed by atoms with van der Waals surface area (Å²) in [6.45, 7) is 4.25. The van der Waals surface area contributed by atoms with Crippen LogP contribution >= 0.6 is 0 Å². The Kier molecular flexibility index (Phi) is 4.63. The standard InChI is InChI=1S/C13H18FNO2/c1-4-13(15-5-2,12(16)17-3)10-8-6-7-9-11(10)14/h6-9,15H,4-5H2,1-3H3. The van der Waals surface area contributed by atoms with E-state index in [2.05, 4.69) is 5.32 Å². The monoisotopic (exact) mass is 239 g/mol. The summed E-state index contributed by atoms with van der Waals surface area (Å²) in [6, 6.07) is 6.27. The van der Waals surface area contributed by atoms with E-state index in [9.17, 15) is 9.18 Å². The van der Waals surface area contributed by atoms with Gasteiger partial charge >= 0.3 is 5.97 Å². The zero-order valence-corrected chi connectivity index (χ0v) is 10.4. The van der Waals surface area contributed by atoms with Gasteiger partial charge in [-0.1, -0.05) is 32.0 Å². The average molecular weight is 239 g/mol. The molecule has 1 N–H and O–H groups in total. The van der Waals surface area contributed by atoms with Gasteiger partial charge in [0.25, 0.3) is 0 Å². The van der Waals surface area contributed by atoms with Crippen molar-refractivity contribution in [2.24, 2.45) is 0 Å². The van der Waals surface area contributed by atoms with Crippen molar-refractivity contribution in [2.45, 2.75) is 25.8 Å². The third-order valence-corrected chi connectivity index (χ3v) is 2.88. The fraction of sp³-hybridized carbons (Fsp3) is 0.462. The molecule has 0 heterocycles. The lowest BCUT2D eigenvalue weighted by Gasteiger charge is -2.31. The Morgan fingerprint density at radius 3 is 2.53 bits per heavy atom. The van der Waals surface area contributed by atoms with Crippen LogP contribution in [-0.2, 0) is 15.1 Å². The first-order valence-electron chi connectivity index (χ1n) is 5.70. The molecule has 94 valence electrons. The van der Waals surface area contributed by atoms with Crippen LogP contribution in [0.2, 0.25) is 0 Å². The second kappa shape index (κ2) is 5.77. The van der Waals surface area contributed by atoms with E-state index in [-0.39, 0.29) is 0 Å². The predicted molar refractivity (Wildman–Crippen MR) is 64.1 cm³/mol. The molecule has 17 heavy (non-hydrogen) atoms. The highest BCUT2D eigenvalue weighted by atomic mass is 19.1. The average Bonchev–Trinajstić information content (AvgIpc) is 2.36. The van der Waals surface area contributed by atoms with E-state index in [1.807, 2.05) is 13.8 Å². The highest BCUT2D eigenvalue weighted by Crippen LogP contribution is 2.28. The zero-order chi connectivity index (χ0) is 12.9. The molecule has 0 fully saturated rings. The number of likely N-dealkylation sites (N-methyl/N-ethyl adjacent to an activating group) is 1. The maximum Gasteiger partial charge on any atom is 0.330 e. The van der Waals surface area contributed by atoms with Crippen molar-refractivity contribution < 1.29 is 13.9 Å². The second-order valence-electron chi connectivity index (χ2n) is 3.76. The van der Waals surface area contributed by atoms with Crippen LogP contribution < -0.4 is 5.32 Å². The normalized spacial score (nSPS) is 14.1. The van der Waals surface area contributed by atoms with Gasteiger partial charge in [-0.15, -0.1) is 0 Å². The first kappa shape index (κ1) is 13.6.